The number of nitrogens with one attached hydrogen (secondary N) is 1. The smallest absolute Gasteiger partial charge is 0.187 e. The summed E-state index contributed by atoms with van der Waals surface area (Å²) in [5.41, 5.74) is 1.13. The van der Waals surface area contributed by atoms with Crippen molar-refractivity contribution in [1.29, 1.82) is 0 Å². The minimum Gasteiger partial charge on any atom is -0.336 e. The van der Waals surface area contributed by atoms with Crippen LogP contribution in [0.2, 0.25) is 0 Å². The minimum atomic E-state index is -0.418. The highest BCUT2D eigenvalue weighted by Gasteiger charge is 2.13. The number of rotatable bonds is 3. The summed E-state index contributed by atoms with van der Waals surface area (Å²) in [5, 5.41) is 7.65. The fourth-order valence-electron chi connectivity index (χ4n) is 2.34. The van der Waals surface area contributed by atoms with E-state index < -0.39 is 5.82 Å². The topological polar surface area (TPSA) is 55.1 Å². The summed E-state index contributed by atoms with van der Waals surface area (Å²) in [5.74, 6) is 0.832. The van der Waals surface area contributed by atoms with Crippen molar-refractivity contribution in [2.75, 3.05) is 5.32 Å². The van der Waals surface area contributed by atoms with Crippen LogP contribution in [-0.4, -0.2) is 23.1 Å². The molecule has 3 aromatic rings. The lowest BCUT2D eigenvalue weighted by Gasteiger charge is -2.11. The lowest BCUT2D eigenvalue weighted by molar-refractivity contribution is 0.625. The first-order chi connectivity index (χ1) is 11.7. The zero-order valence-corrected chi connectivity index (χ0v) is 14.9. The Hall–Kier alpha value is -2.42. The molecule has 0 atom stereocenters. The number of halogens is 2. The van der Waals surface area contributed by atoms with Gasteiger partial charge < -0.3 is 5.32 Å². The summed E-state index contributed by atoms with van der Waals surface area (Å²) >= 11 is -0.273. The van der Waals surface area contributed by atoms with Gasteiger partial charge in [-0.1, -0.05) is 32.9 Å². The summed E-state index contributed by atoms with van der Waals surface area (Å²) < 4.78 is 18.2. The van der Waals surface area contributed by atoms with Crippen LogP contribution in [0.3, 0.4) is 0 Å². The predicted molar refractivity (Wildman–Crippen MR) is 101 cm³/mol. The molecule has 0 amide bonds. The van der Waals surface area contributed by atoms with Gasteiger partial charge in [-0.25, -0.2) is 13.9 Å². The van der Waals surface area contributed by atoms with Crippen LogP contribution in [0.1, 0.15) is 12.7 Å². The van der Waals surface area contributed by atoms with Gasteiger partial charge >= 0.3 is 0 Å². The number of hydrogen-bond acceptors (Lipinski definition) is 4. The first kappa shape index (κ1) is 15.1. The molecule has 0 fully saturated rings. The highest BCUT2D eigenvalue weighted by atomic mass is 127. The van der Waals surface area contributed by atoms with E-state index in [1.807, 2.05) is 24.4 Å². The molecule has 4 rings (SSSR count). The van der Waals surface area contributed by atoms with E-state index in [-0.39, 0.29) is 20.7 Å². The standard InChI is InChI=1S/C17H13FIN5/c1-11-4-2-5-13(19-11)16-22-17(15-6-3-9-24(15)23-16)21-14-7-8-20-10-12(14)18/h2-10H,1H3,(H,20,21,22,23). The van der Waals surface area contributed by atoms with Crippen LogP contribution in [0.15, 0.2) is 58.6 Å². The van der Waals surface area contributed by atoms with Crippen LogP contribution in [0.25, 0.3) is 5.52 Å². The van der Waals surface area contributed by atoms with Crippen LogP contribution >= 0.6 is 20.7 Å². The van der Waals surface area contributed by atoms with Gasteiger partial charge in [0.05, 0.1) is 15.4 Å². The van der Waals surface area contributed by atoms with Crippen molar-refractivity contribution in [1.82, 2.24) is 19.6 Å². The quantitative estimate of drug-likeness (QED) is 0.636. The van der Waals surface area contributed by atoms with Gasteiger partial charge in [-0.05, 0) is 34.8 Å². The van der Waals surface area contributed by atoms with Crippen LogP contribution in [0, 0.1) is 5.82 Å². The fraction of sp³-hybridized carbons (Fsp3) is 0.0588. The van der Waals surface area contributed by atoms with E-state index in [0.717, 1.165) is 9.03 Å². The monoisotopic (exact) mass is 433 g/mol. The van der Waals surface area contributed by atoms with E-state index in [9.17, 15) is 4.39 Å². The fourth-order valence-corrected chi connectivity index (χ4v) is 4.50. The molecule has 0 radical (unpaired) electrons. The molecule has 0 saturated carbocycles. The van der Waals surface area contributed by atoms with Gasteiger partial charge in [0.15, 0.2) is 17.5 Å². The highest BCUT2D eigenvalue weighted by molar-refractivity contribution is 14.2. The van der Waals surface area contributed by atoms with E-state index in [4.69, 9.17) is 0 Å². The number of pyridine rings is 1. The summed E-state index contributed by atoms with van der Waals surface area (Å²) in [4.78, 5) is 8.42. The van der Waals surface area contributed by atoms with Crippen molar-refractivity contribution in [3.05, 3.63) is 70.2 Å². The predicted octanol–water partition coefficient (Wildman–Crippen LogP) is 3.97. The molecule has 3 aromatic heterocycles. The maximum absolute atomic E-state index is 13.9. The number of hydrogen-bond donors (Lipinski definition) is 1. The van der Waals surface area contributed by atoms with Crippen LogP contribution < -0.4 is 5.32 Å². The number of allylic oxidation sites excluding steroid dienone is 4. The van der Waals surface area contributed by atoms with E-state index >= 15 is 0 Å². The van der Waals surface area contributed by atoms with Crippen LogP contribution in [0.5, 0.6) is 0 Å². The third-order valence-electron chi connectivity index (χ3n) is 3.45. The van der Waals surface area contributed by atoms with E-state index in [1.165, 1.54) is 9.78 Å². The van der Waals surface area contributed by atoms with Gasteiger partial charge in [-0.3, -0.25) is 4.98 Å². The SMILES string of the molecule is CC1=CC=CC(c2nc(Nc3ccncc3F)c3cccn3n2)=I1. The molecule has 1 aliphatic heterocycles. The van der Waals surface area contributed by atoms with E-state index in [2.05, 4.69) is 39.5 Å². The Morgan fingerprint density at radius 2 is 2.21 bits per heavy atom. The van der Waals surface area contributed by atoms with Gasteiger partial charge in [0.1, 0.15) is 5.52 Å². The lowest BCUT2D eigenvalue weighted by Crippen LogP contribution is -2.10. The Morgan fingerprint density at radius 1 is 1.29 bits per heavy atom. The van der Waals surface area contributed by atoms with Crippen molar-refractivity contribution < 1.29 is 4.39 Å². The van der Waals surface area contributed by atoms with Gasteiger partial charge in [0.25, 0.3) is 0 Å². The van der Waals surface area contributed by atoms with Gasteiger partial charge in [0.2, 0.25) is 0 Å². The molecule has 24 heavy (non-hydrogen) atoms. The molecule has 1 N–H and O–H groups in total. The van der Waals surface area contributed by atoms with E-state index in [1.54, 1.807) is 16.8 Å². The Bertz CT molecular complexity index is 1020. The van der Waals surface area contributed by atoms with Crippen LogP contribution in [0.4, 0.5) is 15.9 Å². The molecule has 1 aliphatic rings. The molecule has 0 aliphatic carbocycles. The van der Waals surface area contributed by atoms with Crippen molar-refractivity contribution in [2.45, 2.75) is 6.92 Å². The third kappa shape index (κ3) is 2.86. The molecular weight excluding hydrogens is 420 g/mol. The molecule has 0 bridgehead atoms. The second kappa shape index (κ2) is 6.23. The average Bonchev–Trinajstić information content (AvgIpc) is 3.06. The van der Waals surface area contributed by atoms with E-state index in [0.29, 0.717) is 17.3 Å². The van der Waals surface area contributed by atoms with Crippen molar-refractivity contribution in [3.8, 4) is 0 Å². The number of aromatic nitrogens is 4. The Kier molecular flexibility index (Phi) is 3.93. The normalized spacial score (nSPS) is 14.1. The lowest BCUT2D eigenvalue weighted by atomic mass is 10.3. The largest absolute Gasteiger partial charge is 0.336 e. The molecular formula is C17H13FIN5. The highest BCUT2D eigenvalue weighted by Crippen LogP contribution is 2.25. The number of fused-ring (bicyclic) bond motifs is 1. The molecule has 0 unspecified atom stereocenters. The maximum Gasteiger partial charge on any atom is 0.187 e. The van der Waals surface area contributed by atoms with Crippen molar-refractivity contribution >= 4 is 41.3 Å². The second-order valence-corrected chi connectivity index (χ2v) is 8.56. The number of nitrogens with zero attached hydrogens (tertiary/aromatic N) is 4. The summed E-state index contributed by atoms with van der Waals surface area (Å²) in [6.07, 6.45) is 10.8. The Balaban J connectivity index is 1.83. The summed E-state index contributed by atoms with van der Waals surface area (Å²) in [7, 11) is 0. The molecule has 4 heterocycles. The minimum absolute atomic E-state index is 0.273. The van der Waals surface area contributed by atoms with Crippen molar-refractivity contribution in [2.24, 2.45) is 0 Å². The molecule has 0 aromatic carbocycles. The van der Waals surface area contributed by atoms with Crippen molar-refractivity contribution in [3.63, 3.8) is 0 Å². The Labute approximate surface area is 147 Å². The summed E-state index contributed by atoms with van der Waals surface area (Å²) in [6.45, 7) is 2.12. The first-order valence-corrected chi connectivity index (χ1v) is 9.45. The molecule has 0 saturated heterocycles. The average molecular weight is 433 g/mol. The third-order valence-corrected chi connectivity index (χ3v) is 6.08. The first-order valence-electron chi connectivity index (χ1n) is 7.30. The second-order valence-electron chi connectivity index (χ2n) is 5.16. The summed E-state index contributed by atoms with van der Waals surface area (Å²) in [6, 6.07) is 5.38. The molecule has 0 spiro atoms. The van der Waals surface area contributed by atoms with Crippen LogP contribution in [-0.2, 0) is 0 Å². The molecule has 120 valence electrons. The number of anilines is 2. The Morgan fingerprint density at radius 3 is 3.04 bits per heavy atom. The van der Waals surface area contributed by atoms with Gasteiger partial charge in [-0.2, -0.15) is 0 Å². The maximum atomic E-state index is 13.9. The zero-order chi connectivity index (χ0) is 16.5. The van der Waals surface area contributed by atoms with Gasteiger partial charge in [-0.15, -0.1) is 5.10 Å². The zero-order valence-electron chi connectivity index (χ0n) is 12.7. The molecule has 7 heteroatoms. The van der Waals surface area contributed by atoms with Gasteiger partial charge in [0, 0.05) is 12.4 Å². The molecule has 5 nitrogen and oxygen atoms in total.